The van der Waals surface area contributed by atoms with Gasteiger partial charge in [-0.2, -0.15) is 0 Å². The second-order valence-corrected chi connectivity index (χ2v) is 8.21. The Balaban J connectivity index is 1.36. The molecule has 2 aromatic rings. The number of rotatable bonds is 6. The number of thiophene rings is 1. The highest BCUT2D eigenvalue weighted by Crippen LogP contribution is 2.24. The van der Waals surface area contributed by atoms with Crippen LogP contribution in [0.15, 0.2) is 30.0 Å². The highest BCUT2D eigenvalue weighted by Gasteiger charge is 2.31. The van der Waals surface area contributed by atoms with Gasteiger partial charge in [-0.3, -0.25) is 9.69 Å². The summed E-state index contributed by atoms with van der Waals surface area (Å²) in [4.78, 5) is 20.8. The fourth-order valence-electron chi connectivity index (χ4n) is 3.89. The number of carbonyl (C=O) groups excluding carboxylic acids is 1. The zero-order chi connectivity index (χ0) is 17.8. The largest absolute Gasteiger partial charge is 0.381 e. The van der Waals surface area contributed by atoms with Crippen molar-refractivity contribution in [3.63, 3.8) is 0 Å². The number of nitrogens with zero attached hydrogens (tertiary/aromatic N) is 3. The number of nitrogens with one attached hydrogen (secondary N) is 1. The number of ether oxygens (including phenoxy) is 1. The molecule has 1 unspecified atom stereocenters. The minimum atomic E-state index is -0.190. The summed E-state index contributed by atoms with van der Waals surface area (Å²) in [5.74, 6) is 0.762. The zero-order valence-electron chi connectivity index (χ0n) is 15.0. The van der Waals surface area contributed by atoms with E-state index in [9.17, 15) is 4.79 Å². The lowest BCUT2D eigenvalue weighted by molar-refractivity contribution is -0.125. The van der Waals surface area contributed by atoms with Crippen LogP contribution < -0.4 is 5.32 Å². The van der Waals surface area contributed by atoms with Crippen LogP contribution in [-0.2, 0) is 22.5 Å². The third-order valence-electron chi connectivity index (χ3n) is 5.31. The Bertz CT molecular complexity index is 709. The van der Waals surface area contributed by atoms with E-state index in [0.717, 1.165) is 57.8 Å². The van der Waals surface area contributed by atoms with Crippen molar-refractivity contribution in [2.45, 2.75) is 31.8 Å². The van der Waals surface area contributed by atoms with Crippen molar-refractivity contribution in [2.75, 3.05) is 32.8 Å². The molecule has 1 saturated heterocycles. The molecule has 2 aliphatic heterocycles. The van der Waals surface area contributed by atoms with Gasteiger partial charge in [-0.1, -0.05) is 6.07 Å². The van der Waals surface area contributed by atoms with E-state index in [-0.39, 0.29) is 11.9 Å². The molecule has 0 spiro atoms. The van der Waals surface area contributed by atoms with Crippen LogP contribution in [0, 0.1) is 5.92 Å². The Morgan fingerprint density at radius 2 is 2.27 bits per heavy atom. The van der Waals surface area contributed by atoms with E-state index in [1.165, 1.54) is 4.88 Å². The lowest BCUT2D eigenvalue weighted by Crippen LogP contribution is -2.46. The number of hydrogen-bond donors (Lipinski definition) is 1. The van der Waals surface area contributed by atoms with Gasteiger partial charge in [0, 0.05) is 50.5 Å². The van der Waals surface area contributed by atoms with E-state index >= 15 is 0 Å². The molecule has 4 heterocycles. The first-order chi connectivity index (χ1) is 12.8. The quantitative estimate of drug-likeness (QED) is 0.841. The molecule has 0 radical (unpaired) electrons. The first kappa shape index (κ1) is 17.7. The van der Waals surface area contributed by atoms with Crippen molar-refractivity contribution in [2.24, 2.45) is 5.92 Å². The third kappa shape index (κ3) is 4.16. The van der Waals surface area contributed by atoms with E-state index in [1.807, 2.05) is 10.8 Å². The van der Waals surface area contributed by atoms with Crippen LogP contribution in [0.3, 0.4) is 0 Å². The molecule has 2 aromatic heterocycles. The average molecular weight is 375 g/mol. The van der Waals surface area contributed by atoms with Gasteiger partial charge in [0.25, 0.3) is 0 Å². The first-order valence-electron chi connectivity index (χ1n) is 9.40. The summed E-state index contributed by atoms with van der Waals surface area (Å²) in [7, 11) is 0. The SMILES string of the molecule is O=C(NCCc1cccs1)C1CN(CC2CCOCC2)Cc2cncn21. The monoisotopic (exact) mass is 374 g/mol. The standard InChI is InChI=1S/C19H26N4O2S/c24-19(21-6-3-17-2-1-9-26-17)18-13-22(11-15-4-7-25-8-5-15)12-16-10-20-14-23(16)18/h1-2,9-10,14-15,18H,3-8,11-13H2,(H,21,24). The van der Waals surface area contributed by atoms with Gasteiger partial charge in [-0.05, 0) is 36.6 Å². The molecule has 0 bridgehead atoms. The molecule has 7 heteroatoms. The van der Waals surface area contributed by atoms with Gasteiger partial charge in [-0.15, -0.1) is 11.3 Å². The van der Waals surface area contributed by atoms with E-state index in [0.29, 0.717) is 12.5 Å². The van der Waals surface area contributed by atoms with Gasteiger partial charge in [0.1, 0.15) is 6.04 Å². The minimum absolute atomic E-state index is 0.0949. The van der Waals surface area contributed by atoms with E-state index in [2.05, 4.69) is 32.7 Å². The molecule has 1 fully saturated rings. The molecule has 6 nitrogen and oxygen atoms in total. The number of fused-ring (bicyclic) bond motifs is 1. The molecule has 1 atom stereocenters. The summed E-state index contributed by atoms with van der Waals surface area (Å²) >= 11 is 1.73. The third-order valence-corrected chi connectivity index (χ3v) is 6.25. The maximum Gasteiger partial charge on any atom is 0.244 e. The summed E-state index contributed by atoms with van der Waals surface area (Å²) in [6.45, 7) is 5.07. The van der Waals surface area contributed by atoms with E-state index in [4.69, 9.17) is 4.74 Å². The summed E-state index contributed by atoms with van der Waals surface area (Å²) in [6, 6.07) is 3.97. The normalized spacial score (nSPS) is 21.5. The van der Waals surface area contributed by atoms with Gasteiger partial charge in [0.05, 0.1) is 12.0 Å². The van der Waals surface area contributed by atoms with Crippen molar-refractivity contribution < 1.29 is 9.53 Å². The van der Waals surface area contributed by atoms with E-state index < -0.39 is 0 Å². The predicted molar refractivity (Wildman–Crippen MR) is 101 cm³/mol. The molecule has 1 N–H and O–H groups in total. The molecule has 26 heavy (non-hydrogen) atoms. The molecular formula is C19H26N4O2S. The summed E-state index contributed by atoms with van der Waals surface area (Å²) < 4.78 is 7.51. The van der Waals surface area contributed by atoms with Crippen molar-refractivity contribution in [3.05, 3.63) is 40.6 Å². The van der Waals surface area contributed by atoms with Crippen molar-refractivity contribution >= 4 is 17.2 Å². The average Bonchev–Trinajstić information content (AvgIpc) is 3.33. The highest BCUT2D eigenvalue weighted by molar-refractivity contribution is 7.09. The molecule has 0 saturated carbocycles. The first-order valence-corrected chi connectivity index (χ1v) is 10.3. The van der Waals surface area contributed by atoms with Gasteiger partial charge in [0.15, 0.2) is 0 Å². The second kappa shape index (κ2) is 8.33. The maximum atomic E-state index is 12.8. The van der Waals surface area contributed by atoms with Crippen LogP contribution in [0.25, 0.3) is 0 Å². The van der Waals surface area contributed by atoms with Crippen molar-refractivity contribution in [1.82, 2.24) is 19.8 Å². The van der Waals surface area contributed by atoms with Gasteiger partial charge >= 0.3 is 0 Å². The Morgan fingerprint density at radius 1 is 1.38 bits per heavy atom. The number of carbonyl (C=O) groups is 1. The summed E-state index contributed by atoms with van der Waals surface area (Å²) in [6.07, 6.45) is 6.81. The molecular weight excluding hydrogens is 348 g/mol. The zero-order valence-corrected chi connectivity index (χ0v) is 15.8. The fourth-order valence-corrected chi connectivity index (χ4v) is 4.59. The Kier molecular flexibility index (Phi) is 5.67. The van der Waals surface area contributed by atoms with Crippen molar-refractivity contribution in [3.8, 4) is 0 Å². The molecule has 0 aromatic carbocycles. The van der Waals surface area contributed by atoms with Crippen LogP contribution >= 0.6 is 11.3 Å². The van der Waals surface area contributed by atoms with Crippen LogP contribution in [0.1, 0.15) is 29.5 Å². The molecule has 140 valence electrons. The number of hydrogen-bond acceptors (Lipinski definition) is 5. The molecule has 2 aliphatic rings. The smallest absolute Gasteiger partial charge is 0.244 e. The summed E-state index contributed by atoms with van der Waals surface area (Å²) in [5, 5.41) is 5.19. The molecule has 0 aliphatic carbocycles. The Hall–Kier alpha value is -1.70. The molecule has 1 amide bonds. The van der Waals surface area contributed by atoms with Crippen LogP contribution in [0.4, 0.5) is 0 Å². The highest BCUT2D eigenvalue weighted by atomic mass is 32.1. The number of amides is 1. The molecule has 4 rings (SSSR count). The van der Waals surface area contributed by atoms with Crippen molar-refractivity contribution in [1.29, 1.82) is 0 Å². The van der Waals surface area contributed by atoms with Gasteiger partial charge in [0.2, 0.25) is 5.91 Å². The Labute approximate surface area is 158 Å². The van der Waals surface area contributed by atoms with Crippen LogP contribution in [0.2, 0.25) is 0 Å². The lowest BCUT2D eigenvalue weighted by atomic mass is 9.98. The Morgan fingerprint density at radius 3 is 3.08 bits per heavy atom. The minimum Gasteiger partial charge on any atom is -0.381 e. The number of aromatic nitrogens is 2. The number of imidazole rings is 1. The van der Waals surface area contributed by atoms with E-state index in [1.54, 1.807) is 17.7 Å². The van der Waals surface area contributed by atoms with Gasteiger partial charge in [-0.25, -0.2) is 4.98 Å². The topological polar surface area (TPSA) is 59.4 Å². The summed E-state index contributed by atoms with van der Waals surface area (Å²) in [5.41, 5.74) is 1.13. The maximum absolute atomic E-state index is 12.8. The second-order valence-electron chi connectivity index (χ2n) is 7.18. The van der Waals surface area contributed by atoms with Crippen LogP contribution in [0.5, 0.6) is 0 Å². The van der Waals surface area contributed by atoms with Crippen LogP contribution in [-0.4, -0.2) is 53.2 Å². The predicted octanol–water partition coefficient (Wildman–Crippen LogP) is 2.09. The van der Waals surface area contributed by atoms with Gasteiger partial charge < -0.3 is 14.6 Å². The fraction of sp³-hybridized carbons (Fsp3) is 0.579. The lowest BCUT2D eigenvalue weighted by Gasteiger charge is -2.36.